The molecular weight excluding hydrogens is 258 g/mol. The van der Waals surface area contributed by atoms with Gasteiger partial charge in [0.15, 0.2) is 0 Å². The summed E-state index contributed by atoms with van der Waals surface area (Å²) in [6.07, 6.45) is 7.95. The van der Waals surface area contributed by atoms with Crippen LogP contribution in [0.3, 0.4) is 0 Å². The Bertz CT molecular complexity index is 338. The van der Waals surface area contributed by atoms with Crippen molar-refractivity contribution in [1.29, 1.82) is 0 Å². The van der Waals surface area contributed by atoms with Gasteiger partial charge in [0, 0.05) is 18.5 Å². The molecule has 2 fully saturated rings. The molecule has 0 amide bonds. The first-order valence-corrected chi connectivity index (χ1v) is 8.76. The molecule has 1 atom stereocenters. The van der Waals surface area contributed by atoms with E-state index in [1.165, 1.54) is 0 Å². The summed E-state index contributed by atoms with van der Waals surface area (Å²) in [7, 11) is -3.10. The molecule has 2 rings (SSSR count). The summed E-state index contributed by atoms with van der Waals surface area (Å²) >= 11 is 5.95. The number of halogens is 1. The number of nitrogens with zero attached hydrogens (tertiary/aromatic N) is 1. The first kappa shape index (κ1) is 13.6. The number of alkyl halides is 1. The summed E-state index contributed by atoms with van der Waals surface area (Å²) in [6.45, 7) is 0.677. The molecule has 0 bridgehead atoms. The zero-order valence-electron chi connectivity index (χ0n) is 10.3. The van der Waals surface area contributed by atoms with E-state index in [2.05, 4.69) is 0 Å². The summed E-state index contributed by atoms with van der Waals surface area (Å²) in [5, 5.41) is -0.133. The van der Waals surface area contributed by atoms with Gasteiger partial charge in [-0.25, -0.2) is 8.42 Å². The lowest BCUT2D eigenvalue weighted by Crippen LogP contribution is -2.45. The third kappa shape index (κ3) is 2.96. The van der Waals surface area contributed by atoms with Crippen LogP contribution in [0.15, 0.2) is 0 Å². The van der Waals surface area contributed by atoms with E-state index in [1.807, 2.05) is 0 Å². The zero-order chi connectivity index (χ0) is 12.3. The van der Waals surface area contributed by atoms with Crippen LogP contribution in [0.2, 0.25) is 0 Å². The fourth-order valence-electron chi connectivity index (χ4n) is 3.02. The third-order valence-corrected chi connectivity index (χ3v) is 6.86. The maximum absolute atomic E-state index is 12.6. The van der Waals surface area contributed by atoms with Crippen molar-refractivity contribution in [3.05, 3.63) is 0 Å². The van der Waals surface area contributed by atoms with Crippen LogP contribution in [0.1, 0.15) is 51.4 Å². The molecule has 1 aliphatic heterocycles. The van der Waals surface area contributed by atoms with Gasteiger partial charge in [0.05, 0.1) is 5.25 Å². The van der Waals surface area contributed by atoms with Gasteiger partial charge in [0.1, 0.15) is 0 Å². The van der Waals surface area contributed by atoms with Crippen LogP contribution in [0.5, 0.6) is 0 Å². The molecule has 0 aromatic heterocycles. The molecule has 3 nitrogen and oxygen atoms in total. The molecule has 0 radical (unpaired) electrons. The highest BCUT2D eigenvalue weighted by molar-refractivity contribution is 7.89. The second kappa shape index (κ2) is 5.89. The highest BCUT2D eigenvalue weighted by Crippen LogP contribution is 2.30. The third-order valence-electron chi connectivity index (χ3n) is 4.05. The molecule has 0 aromatic carbocycles. The second-order valence-corrected chi connectivity index (χ2v) is 7.69. The van der Waals surface area contributed by atoms with E-state index in [4.69, 9.17) is 11.6 Å². The lowest BCUT2D eigenvalue weighted by Gasteiger charge is -2.30. The topological polar surface area (TPSA) is 37.4 Å². The van der Waals surface area contributed by atoms with Crippen LogP contribution in [-0.4, -0.2) is 36.4 Å². The van der Waals surface area contributed by atoms with Crippen LogP contribution < -0.4 is 0 Å². The largest absolute Gasteiger partial charge is 0.217 e. The zero-order valence-corrected chi connectivity index (χ0v) is 11.8. The van der Waals surface area contributed by atoms with Gasteiger partial charge in [0.25, 0.3) is 0 Å². The van der Waals surface area contributed by atoms with E-state index < -0.39 is 10.0 Å². The number of rotatable bonds is 3. The van der Waals surface area contributed by atoms with Crippen molar-refractivity contribution in [2.75, 3.05) is 12.4 Å². The molecule has 1 heterocycles. The van der Waals surface area contributed by atoms with Crippen molar-refractivity contribution in [2.24, 2.45) is 0 Å². The van der Waals surface area contributed by atoms with Crippen LogP contribution in [0, 0.1) is 0 Å². The monoisotopic (exact) mass is 279 g/mol. The van der Waals surface area contributed by atoms with E-state index in [0.29, 0.717) is 12.4 Å². The van der Waals surface area contributed by atoms with Gasteiger partial charge in [-0.05, 0) is 25.7 Å². The van der Waals surface area contributed by atoms with Crippen molar-refractivity contribution in [3.8, 4) is 0 Å². The molecule has 1 aliphatic carbocycles. The molecule has 100 valence electrons. The average Bonchev–Trinajstić information content (AvgIpc) is 2.74. The lowest BCUT2D eigenvalue weighted by molar-refractivity contribution is 0.340. The molecule has 1 unspecified atom stereocenters. The van der Waals surface area contributed by atoms with Gasteiger partial charge in [0.2, 0.25) is 10.0 Å². The van der Waals surface area contributed by atoms with E-state index in [0.717, 1.165) is 51.4 Å². The van der Waals surface area contributed by atoms with Crippen molar-refractivity contribution in [3.63, 3.8) is 0 Å². The summed E-state index contributed by atoms with van der Waals surface area (Å²) in [4.78, 5) is 0. The molecule has 1 saturated heterocycles. The van der Waals surface area contributed by atoms with Crippen molar-refractivity contribution in [2.45, 2.75) is 62.7 Å². The number of sulfonamides is 1. The molecule has 0 N–H and O–H groups in total. The standard InChI is InChI=1S/C12H22ClNO2S/c13-10-11-6-2-1-5-9-14(11)17(15,16)12-7-3-4-8-12/h11-12H,1-10H2. The van der Waals surface area contributed by atoms with Crippen LogP contribution in [0.4, 0.5) is 0 Å². The molecular formula is C12H22ClNO2S. The second-order valence-electron chi connectivity index (χ2n) is 5.22. The van der Waals surface area contributed by atoms with Gasteiger partial charge in [-0.15, -0.1) is 11.6 Å². The summed E-state index contributed by atoms with van der Waals surface area (Å²) in [5.41, 5.74) is 0. The number of hydrogen-bond donors (Lipinski definition) is 0. The van der Waals surface area contributed by atoms with E-state index in [-0.39, 0.29) is 11.3 Å². The predicted octanol–water partition coefficient (Wildman–Crippen LogP) is 2.74. The van der Waals surface area contributed by atoms with E-state index >= 15 is 0 Å². The SMILES string of the molecule is O=S(=O)(C1CCCC1)N1CCCCCC1CCl. The van der Waals surface area contributed by atoms with Crippen molar-refractivity contribution >= 4 is 21.6 Å². The molecule has 17 heavy (non-hydrogen) atoms. The van der Waals surface area contributed by atoms with Gasteiger partial charge in [-0.3, -0.25) is 0 Å². The Morgan fingerprint density at radius 3 is 2.29 bits per heavy atom. The first-order valence-electron chi connectivity index (χ1n) is 6.73. The fraction of sp³-hybridized carbons (Fsp3) is 1.00. The van der Waals surface area contributed by atoms with Crippen molar-refractivity contribution < 1.29 is 8.42 Å². The van der Waals surface area contributed by atoms with Crippen LogP contribution in [0.25, 0.3) is 0 Å². The smallest absolute Gasteiger partial charge is 0.212 e. The molecule has 0 aromatic rings. The molecule has 1 saturated carbocycles. The highest BCUT2D eigenvalue weighted by Gasteiger charge is 2.37. The van der Waals surface area contributed by atoms with Gasteiger partial charge in [-0.2, -0.15) is 4.31 Å². The molecule has 0 spiro atoms. The average molecular weight is 280 g/mol. The Morgan fingerprint density at radius 1 is 1.00 bits per heavy atom. The summed E-state index contributed by atoms with van der Waals surface area (Å²) in [5.74, 6) is 0.436. The Hall–Kier alpha value is 0.200. The van der Waals surface area contributed by atoms with Crippen molar-refractivity contribution in [1.82, 2.24) is 4.31 Å². The number of hydrogen-bond acceptors (Lipinski definition) is 2. The quantitative estimate of drug-likeness (QED) is 0.745. The van der Waals surface area contributed by atoms with E-state index in [9.17, 15) is 8.42 Å². The normalized spacial score (nSPS) is 29.4. The highest BCUT2D eigenvalue weighted by atomic mass is 35.5. The van der Waals surface area contributed by atoms with Gasteiger partial charge >= 0.3 is 0 Å². The summed E-state index contributed by atoms with van der Waals surface area (Å²) in [6, 6.07) is 0.0322. The summed E-state index contributed by atoms with van der Waals surface area (Å²) < 4.78 is 26.9. The van der Waals surface area contributed by atoms with Crippen LogP contribution in [-0.2, 0) is 10.0 Å². The minimum atomic E-state index is -3.10. The minimum absolute atomic E-state index is 0.0322. The molecule has 2 aliphatic rings. The maximum Gasteiger partial charge on any atom is 0.217 e. The Balaban J connectivity index is 2.16. The fourth-order valence-corrected chi connectivity index (χ4v) is 5.71. The van der Waals surface area contributed by atoms with Gasteiger partial charge < -0.3 is 0 Å². The first-order chi connectivity index (χ1) is 8.16. The Morgan fingerprint density at radius 2 is 1.65 bits per heavy atom. The lowest BCUT2D eigenvalue weighted by atomic mass is 10.1. The Labute approximate surface area is 110 Å². The van der Waals surface area contributed by atoms with E-state index in [1.54, 1.807) is 4.31 Å². The predicted molar refractivity (Wildman–Crippen MR) is 70.9 cm³/mol. The Kier molecular flexibility index (Phi) is 4.72. The molecule has 5 heteroatoms. The minimum Gasteiger partial charge on any atom is -0.212 e. The van der Waals surface area contributed by atoms with Crippen LogP contribution >= 0.6 is 11.6 Å². The van der Waals surface area contributed by atoms with Gasteiger partial charge in [-0.1, -0.05) is 25.7 Å². The maximum atomic E-state index is 12.6.